The minimum Gasteiger partial charge on any atom is -0.354 e. The Morgan fingerprint density at radius 2 is 1.15 bits per heavy atom. The van der Waals surface area contributed by atoms with E-state index >= 15 is 0 Å². The highest BCUT2D eigenvalue weighted by atomic mass is 79.9. The molecule has 1 nitrogen and oxygen atoms in total. The summed E-state index contributed by atoms with van der Waals surface area (Å²) in [7, 11) is 0. The molecule has 0 saturated carbocycles. The minimum atomic E-state index is -3.37. The summed E-state index contributed by atoms with van der Waals surface area (Å²) in [6.07, 6.45) is 0. The first-order valence-electron chi connectivity index (χ1n) is 15.6. The SMILES string of the molecule is [2H]C([2H])([2H])C(c1cc(Br)cc(Nc2c(-c3ccccc3)cc(C(C)(C)C)cc2-c2ccccc2)c1)(C([2H])([2H])[2H])C([2H])([2H])[2H]. The van der Waals surface area contributed by atoms with Crippen LogP contribution in [0.2, 0.25) is 0 Å². The summed E-state index contributed by atoms with van der Waals surface area (Å²) < 4.78 is 74.1. The highest BCUT2D eigenvalue weighted by molar-refractivity contribution is 9.10. The van der Waals surface area contributed by atoms with Crippen LogP contribution in [0.4, 0.5) is 11.4 Å². The van der Waals surface area contributed by atoms with Crippen molar-refractivity contribution in [2.45, 2.75) is 52.2 Å². The lowest BCUT2D eigenvalue weighted by Gasteiger charge is -2.26. The van der Waals surface area contributed by atoms with Crippen LogP contribution >= 0.6 is 15.9 Å². The van der Waals surface area contributed by atoms with E-state index in [9.17, 15) is 0 Å². The molecule has 0 aliphatic rings. The van der Waals surface area contributed by atoms with Gasteiger partial charge in [-0.1, -0.05) is 118 Å². The van der Waals surface area contributed by atoms with Gasteiger partial charge >= 0.3 is 0 Å². The van der Waals surface area contributed by atoms with Crippen LogP contribution in [0.15, 0.2) is 95.5 Å². The molecule has 0 amide bonds. The summed E-state index contributed by atoms with van der Waals surface area (Å²) in [6.45, 7) is -3.71. The molecule has 2 heteroatoms. The number of rotatable bonds is 4. The molecule has 1 N–H and O–H groups in total. The van der Waals surface area contributed by atoms with E-state index < -0.39 is 26.0 Å². The number of nitrogens with one attached hydrogen (secondary N) is 1. The first-order chi connectivity index (χ1) is 19.8. The summed E-state index contributed by atoms with van der Waals surface area (Å²) in [5.41, 5.74) is 2.11. The van der Waals surface area contributed by atoms with E-state index in [-0.39, 0.29) is 11.0 Å². The van der Waals surface area contributed by atoms with Crippen molar-refractivity contribution in [1.82, 2.24) is 0 Å². The molecule has 34 heavy (non-hydrogen) atoms. The highest BCUT2D eigenvalue weighted by Gasteiger charge is 2.22. The van der Waals surface area contributed by atoms with E-state index in [1.165, 1.54) is 12.1 Å². The Kier molecular flexibility index (Phi) is 4.22. The third-order valence-corrected chi connectivity index (χ3v) is 6.23. The maximum Gasteiger partial charge on any atom is 0.0543 e. The van der Waals surface area contributed by atoms with E-state index in [4.69, 9.17) is 12.3 Å². The zero-order chi connectivity index (χ0) is 32.0. The van der Waals surface area contributed by atoms with Gasteiger partial charge in [-0.25, -0.2) is 0 Å². The average molecular weight is 522 g/mol. The fourth-order valence-electron chi connectivity index (χ4n) is 3.92. The lowest BCUT2D eigenvalue weighted by molar-refractivity contribution is 0.590. The number of hydrogen-bond acceptors (Lipinski definition) is 1. The Morgan fingerprint density at radius 1 is 0.647 bits per heavy atom. The maximum atomic E-state index is 8.20. The smallest absolute Gasteiger partial charge is 0.0543 e. The largest absolute Gasteiger partial charge is 0.354 e. The van der Waals surface area contributed by atoms with Crippen LogP contribution in [-0.4, -0.2) is 0 Å². The summed E-state index contributed by atoms with van der Waals surface area (Å²) in [5, 5.41) is 3.44. The van der Waals surface area contributed by atoms with Gasteiger partial charge in [0.05, 0.1) is 5.69 Å². The second-order valence-corrected chi connectivity index (χ2v) is 10.4. The van der Waals surface area contributed by atoms with Crippen molar-refractivity contribution < 1.29 is 12.3 Å². The van der Waals surface area contributed by atoms with Gasteiger partial charge in [0.2, 0.25) is 0 Å². The number of anilines is 2. The Hall–Kier alpha value is -2.84. The molecule has 0 bridgehead atoms. The molecule has 0 aromatic heterocycles. The van der Waals surface area contributed by atoms with Crippen LogP contribution < -0.4 is 5.32 Å². The quantitative estimate of drug-likeness (QED) is 0.282. The fraction of sp³-hybridized carbons (Fsp3) is 0.250. The van der Waals surface area contributed by atoms with Crippen LogP contribution in [0.5, 0.6) is 0 Å². The number of halogens is 1. The molecule has 4 rings (SSSR count). The lowest BCUT2D eigenvalue weighted by atomic mass is 9.82. The minimum absolute atomic E-state index is 0.187. The first kappa shape index (κ1) is 15.2. The third kappa shape index (κ3) is 5.45. The highest BCUT2D eigenvalue weighted by Crippen LogP contribution is 2.43. The molecule has 174 valence electrons. The van der Waals surface area contributed by atoms with Gasteiger partial charge in [0.15, 0.2) is 0 Å². The lowest BCUT2D eigenvalue weighted by Crippen LogP contribution is -2.13. The van der Waals surface area contributed by atoms with E-state index in [1.807, 2.05) is 60.7 Å². The van der Waals surface area contributed by atoms with E-state index in [1.54, 1.807) is 6.07 Å². The van der Waals surface area contributed by atoms with Crippen LogP contribution in [0.25, 0.3) is 22.3 Å². The van der Waals surface area contributed by atoms with Gasteiger partial charge < -0.3 is 5.32 Å². The zero-order valence-corrected chi connectivity index (χ0v) is 21.1. The number of benzene rings is 4. The Bertz CT molecular complexity index is 1490. The normalized spacial score (nSPS) is 17.0. The molecular weight excluding hydrogens is 478 g/mol. The Labute approximate surface area is 226 Å². The zero-order valence-electron chi connectivity index (χ0n) is 28.5. The topological polar surface area (TPSA) is 12.0 Å². The maximum absolute atomic E-state index is 8.20. The predicted octanol–water partition coefficient (Wildman–Crippen LogP) is 10.1. The van der Waals surface area contributed by atoms with Crippen LogP contribution in [0, 0.1) is 0 Å². The summed E-state index contributed by atoms with van der Waals surface area (Å²) >= 11 is 3.39. The van der Waals surface area contributed by atoms with Gasteiger partial charge in [-0.05, 0) is 63.4 Å². The molecular formula is C32H34BrN. The molecule has 4 aromatic rings. The monoisotopic (exact) mass is 520 g/mol. The van der Waals surface area contributed by atoms with Crippen molar-refractivity contribution in [3.63, 3.8) is 0 Å². The second kappa shape index (κ2) is 9.43. The molecule has 0 heterocycles. The van der Waals surface area contributed by atoms with Crippen molar-refractivity contribution in [1.29, 1.82) is 0 Å². The standard InChI is InChI=1S/C32H34BrN/c1-31(2,3)24-17-26(33)21-27(18-24)34-30-28(22-13-9-7-10-14-22)19-25(32(4,5)6)20-29(30)23-15-11-8-12-16-23/h7-21,34H,1-6H3/i1D3,2D3,3D3. The Morgan fingerprint density at radius 3 is 1.62 bits per heavy atom. The molecule has 0 unspecified atom stereocenters. The molecule has 0 saturated heterocycles. The van der Waals surface area contributed by atoms with Crippen LogP contribution in [0.3, 0.4) is 0 Å². The van der Waals surface area contributed by atoms with Crippen LogP contribution in [0.1, 0.15) is 64.8 Å². The summed E-state index contributed by atoms with van der Waals surface area (Å²) in [6, 6.07) is 28.1. The van der Waals surface area contributed by atoms with Crippen molar-refractivity contribution in [2.24, 2.45) is 0 Å². The average Bonchev–Trinajstić information content (AvgIpc) is 2.86. The molecule has 0 radical (unpaired) electrons. The summed E-state index contributed by atoms with van der Waals surface area (Å²) in [5.74, 6) is 0. The first-order valence-corrected chi connectivity index (χ1v) is 11.9. The molecule has 0 atom stereocenters. The molecule has 4 aromatic carbocycles. The van der Waals surface area contributed by atoms with E-state index in [2.05, 4.69) is 54.2 Å². The van der Waals surface area contributed by atoms with Gasteiger partial charge in [-0.3, -0.25) is 0 Å². The van der Waals surface area contributed by atoms with Crippen molar-refractivity contribution in [3.8, 4) is 22.3 Å². The van der Waals surface area contributed by atoms with Gasteiger partial charge in [-0.2, -0.15) is 0 Å². The van der Waals surface area contributed by atoms with Gasteiger partial charge in [0, 0.05) is 33.6 Å². The van der Waals surface area contributed by atoms with Crippen LogP contribution in [-0.2, 0) is 10.8 Å². The van der Waals surface area contributed by atoms with Crippen molar-refractivity contribution in [2.75, 3.05) is 5.32 Å². The molecule has 0 fully saturated rings. The van der Waals surface area contributed by atoms with Gasteiger partial charge in [-0.15, -0.1) is 0 Å². The van der Waals surface area contributed by atoms with E-state index in [0.29, 0.717) is 15.8 Å². The second-order valence-electron chi connectivity index (χ2n) is 9.53. The van der Waals surface area contributed by atoms with Gasteiger partial charge in [0.25, 0.3) is 0 Å². The van der Waals surface area contributed by atoms with Crippen molar-refractivity contribution in [3.05, 3.63) is 107 Å². The molecule has 0 aliphatic heterocycles. The third-order valence-electron chi connectivity index (χ3n) is 5.77. The van der Waals surface area contributed by atoms with E-state index in [0.717, 1.165) is 27.8 Å². The van der Waals surface area contributed by atoms with Crippen molar-refractivity contribution >= 4 is 27.3 Å². The number of hydrogen-bond donors (Lipinski definition) is 1. The molecule has 0 aliphatic carbocycles. The Balaban J connectivity index is 2.06. The summed E-state index contributed by atoms with van der Waals surface area (Å²) in [4.78, 5) is 0. The van der Waals surface area contributed by atoms with Gasteiger partial charge in [0.1, 0.15) is 0 Å². The predicted molar refractivity (Wildman–Crippen MR) is 152 cm³/mol. The molecule has 0 spiro atoms. The fourth-order valence-corrected chi connectivity index (χ4v) is 4.42.